The number of esters is 6. The van der Waals surface area contributed by atoms with Crippen molar-refractivity contribution in [1.29, 1.82) is 0 Å². The van der Waals surface area contributed by atoms with E-state index >= 15 is 0 Å². The number of fused-ring (bicyclic) bond motifs is 1. The average molecular weight is 711 g/mol. The maximum absolute atomic E-state index is 14.0. The van der Waals surface area contributed by atoms with E-state index in [1.165, 1.54) is 31.2 Å². The molecule has 1 heterocycles. The van der Waals surface area contributed by atoms with E-state index < -0.39 is 107 Å². The van der Waals surface area contributed by atoms with Crippen molar-refractivity contribution in [2.75, 3.05) is 6.61 Å². The van der Waals surface area contributed by atoms with Gasteiger partial charge in [-0.05, 0) is 45.0 Å². The Morgan fingerprint density at radius 3 is 1.63 bits per heavy atom. The van der Waals surface area contributed by atoms with Crippen LogP contribution in [0.25, 0.3) is 0 Å². The third-order valence-electron chi connectivity index (χ3n) is 9.96. The molecule has 2 saturated carbocycles. The van der Waals surface area contributed by atoms with Crippen LogP contribution in [0.2, 0.25) is 0 Å². The summed E-state index contributed by atoms with van der Waals surface area (Å²) in [6.45, 7) is 8.14. The normalized spacial score (nSPS) is 33.1. The van der Waals surface area contributed by atoms with E-state index in [1.54, 1.807) is 50.2 Å². The fourth-order valence-corrected chi connectivity index (χ4v) is 8.39. The lowest BCUT2D eigenvalue weighted by Gasteiger charge is -2.66. The molecule has 0 unspecified atom stereocenters. The highest BCUT2D eigenvalue weighted by Gasteiger charge is 2.89. The summed E-state index contributed by atoms with van der Waals surface area (Å²) in [5.41, 5.74) is -8.04. The fraction of sp³-hybridized carbons (Fsp3) is 0.514. The van der Waals surface area contributed by atoms with Crippen LogP contribution in [0.1, 0.15) is 75.6 Å². The second-order valence-corrected chi connectivity index (χ2v) is 13.9. The van der Waals surface area contributed by atoms with Gasteiger partial charge in [-0.25, -0.2) is 9.59 Å². The van der Waals surface area contributed by atoms with Gasteiger partial charge in [0.05, 0.1) is 28.2 Å². The molecule has 0 aromatic heterocycles. The summed E-state index contributed by atoms with van der Waals surface area (Å²) in [6, 6.07) is 15.8. The standard InChI is InChI=1S/C37H42O14/c1-20(38)45-19-36-29(48-23(4)41)26(46-21(2)39)18-35(7,44)37(36)30(49-32(42)24-14-10-8-11-15-24)27(34(5,6)51-37)28(47-22(3)40)31(36)50-33(43)25-16-12-9-13-17-25/h8-17,26-31,44H,18-19H2,1-7H3/t26-,27+,28-,29-,30+,31-,35-,36-,37-/m0/s1. The first-order chi connectivity index (χ1) is 23.9. The lowest BCUT2D eigenvalue weighted by molar-refractivity contribution is -0.362. The summed E-state index contributed by atoms with van der Waals surface area (Å²) >= 11 is 0. The number of aliphatic hydroxyl groups is 1. The maximum atomic E-state index is 14.0. The molecule has 2 bridgehead atoms. The molecule has 1 aliphatic heterocycles. The van der Waals surface area contributed by atoms with E-state index in [-0.39, 0.29) is 11.1 Å². The molecule has 14 nitrogen and oxygen atoms in total. The topological polar surface area (TPSA) is 187 Å². The number of rotatable bonds is 9. The average Bonchev–Trinajstić information content (AvgIpc) is 3.25. The number of ether oxygens (including phenoxy) is 7. The smallest absolute Gasteiger partial charge is 0.338 e. The lowest BCUT2D eigenvalue weighted by Crippen LogP contribution is -2.85. The van der Waals surface area contributed by atoms with Crippen molar-refractivity contribution < 1.29 is 67.0 Å². The zero-order valence-corrected chi connectivity index (χ0v) is 29.4. The number of carbonyl (C=O) groups excluding carboxylic acids is 6. The van der Waals surface area contributed by atoms with Crippen molar-refractivity contribution in [3.8, 4) is 0 Å². The van der Waals surface area contributed by atoms with Crippen LogP contribution >= 0.6 is 0 Å². The Morgan fingerprint density at radius 1 is 0.667 bits per heavy atom. The van der Waals surface area contributed by atoms with Gasteiger partial charge in [0.2, 0.25) is 0 Å². The second kappa shape index (κ2) is 13.7. The monoisotopic (exact) mass is 710 g/mol. The number of hydrogen-bond donors (Lipinski definition) is 1. The van der Waals surface area contributed by atoms with Crippen molar-refractivity contribution in [3.05, 3.63) is 71.8 Å². The van der Waals surface area contributed by atoms with E-state index in [2.05, 4.69) is 0 Å². The minimum Gasteiger partial charge on any atom is -0.465 e. The Kier molecular flexibility index (Phi) is 10.1. The van der Waals surface area contributed by atoms with Crippen LogP contribution in [0.15, 0.2) is 60.7 Å². The summed E-state index contributed by atoms with van der Waals surface area (Å²) < 4.78 is 42.8. The minimum absolute atomic E-state index is 0.0732. The molecule has 1 spiro atoms. The first kappa shape index (κ1) is 37.4. The zero-order valence-electron chi connectivity index (χ0n) is 29.4. The van der Waals surface area contributed by atoms with Crippen LogP contribution in [0.5, 0.6) is 0 Å². The van der Waals surface area contributed by atoms with Crippen molar-refractivity contribution in [2.45, 2.75) is 102 Å². The molecule has 1 N–H and O–H groups in total. The van der Waals surface area contributed by atoms with E-state index in [9.17, 15) is 33.9 Å². The van der Waals surface area contributed by atoms with E-state index in [0.29, 0.717) is 0 Å². The largest absolute Gasteiger partial charge is 0.465 e. The molecule has 5 rings (SSSR count). The van der Waals surface area contributed by atoms with Gasteiger partial charge in [0.1, 0.15) is 30.3 Å². The number of benzene rings is 2. The SMILES string of the molecule is CC(=O)OC[C@]12[C@@H](OC(=O)c3ccccc3)[C@@H](OC(C)=O)[C@@H]3[C@@H](OC(=O)c4ccccc4)[C@]1(OC3(C)C)[C@@](C)(O)C[C@H](OC(C)=O)[C@@H]2OC(C)=O. The van der Waals surface area contributed by atoms with Crippen molar-refractivity contribution in [2.24, 2.45) is 11.3 Å². The summed E-state index contributed by atoms with van der Waals surface area (Å²) in [6.07, 6.45) is -8.54. The van der Waals surface area contributed by atoms with Crippen LogP contribution < -0.4 is 0 Å². The lowest BCUT2D eigenvalue weighted by atomic mass is 9.45. The Bertz CT molecular complexity index is 1690. The third kappa shape index (κ3) is 6.46. The van der Waals surface area contributed by atoms with Gasteiger partial charge < -0.3 is 38.3 Å². The minimum atomic E-state index is -2.30. The van der Waals surface area contributed by atoms with Gasteiger partial charge >= 0.3 is 35.8 Å². The Balaban J connectivity index is 1.90. The number of hydrogen-bond acceptors (Lipinski definition) is 14. The molecular weight excluding hydrogens is 668 g/mol. The quantitative estimate of drug-likeness (QED) is 0.295. The van der Waals surface area contributed by atoms with Crippen LogP contribution in [0.3, 0.4) is 0 Å². The first-order valence-corrected chi connectivity index (χ1v) is 16.5. The van der Waals surface area contributed by atoms with E-state index in [4.69, 9.17) is 33.2 Å². The maximum Gasteiger partial charge on any atom is 0.338 e. The predicted molar refractivity (Wildman–Crippen MR) is 174 cm³/mol. The highest BCUT2D eigenvalue weighted by atomic mass is 16.7. The molecule has 2 aromatic carbocycles. The molecule has 1 saturated heterocycles. The molecule has 274 valence electrons. The molecule has 2 aliphatic carbocycles. The van der Waals surface area contributed by atoms with Crippen LogP contribution in [-0.2, 0) is 52.3 Å². The highest BCUT2D eigenvalue weighted by Crippen LogP contribution is 2.69. The molecule has 14 heteroatoms. The Morgan fingerprint density at radius 2 is 1.16 bits per heavy atom. The molecule has 2 aromatic rings. The summed E-state index contributed by atoms with van der Waals surface area (Å²) in [5.74, 6) is -6.35. The Labute approximate surface area is 294 Å². The molecule has 3 aliphatic rings. The van der Waals surface area contributed by atoms with Gasteiger partial charge in [0.25, 0.3) is 0 Å². The van der Waals surface area contributed by atoms with E-state index in [1.807, 2.05) is 0 Å². The van der Waals surface area contributed by atoms with Crippen LogP contribution in [0, 0.1) is 11.3 Å². The van der Waals surface area contributed by atoms with Crippen molar-refractivity contribution >= 4 is 35.8 Å². The fourth-order valence-electron chi connectivity index (χ4n) is 8.39. The first-order valence-electron chi connectivity index (χ1n) is 16.5. The zero-order chi connectivity index (χ0) is 37.5. The van der Waals surface area contributed by atoms with Gasteiger partial charge in [-0.2, -0.15) is 0 Å². The predicted octanol–water partition coefficient (Wildman–Crippen LogP) is 3.11. The van der Waals surface area contributed by atoms with Gasteiger partial charge in [0.15, 0.2) is 17.8 Å². The number of carbonyl (C=O) groups is 6. The van der Waals surface area contributed by atoms with Crippen LogP contribution in [0.4, 0.5) is 0 Å². The van der Waals surface area contributed by atoms with Gasteiger partial charge in [-0.1, -0.05) is 36.4 Å². The molecule has 3 fully saturated rings. The van der Waals surface area contributed by atoms with Crippen LogP contribution in [-0.4, -0.2) is 94.9 Å². The van der Waals surface area contributed by atoms with Gasteiger partial charge in [-0.3, -0.25) is 19.2 Å². The van der Waals surface area contributed by atoms with Gasteiger partial charge in [-0.15, -0.1) is 0 Å². The molecular formula is C37H42O14. The molecule has 9 atom stereocenters. The summed E-state index contributed by atoms with van der Waals surface area (Å²) in [7, 11) is 0. The second-order valence-electron chi connectivity index (χ2n) is 13.9. The van der Waals surface area contributed by atoms with E-state index in [0.717, 1.165) is 27.7 Å². The highest BCUT2D eigenvalue weighted by molar-refractivity contribution is 5.90. The summed E-state index contributed by atoms with van der Waals surface area (Å²) in [4.78, 5) is 79.2. The Hall–Kier alpha value is -4.82. The van der Waals surface area contributed by atoms with Crippen molar-refractivity contribution in [1.82, 2.24) is 0 Å². The van der Waals surface area contributed by atoms with Crippen molar-refractivity contribution in [3.63, 3.8) is 0 Å². The summed E-state index contributed by atoms with van der Waals surface area (Å²) in [5, 5.41) is 12.8. The molecule has 0 amide bonds. The third-order valence-corrected chi connectivity index (χ3v) is 9.96. The van der Waals surface area contributed by atoms with Gasteiger partial charge in [0, 0.05) is 34.1 Å². The molecule has 0 radical (unpaired) electrons. The molecule has 51 heavy (non-hydrogen) atoms.